The average molecular weight is 171 g/mol. The minimum absolute atomic E-state index is 0.193. The summed E-state index contributed by atoms with van der Waals surface area (Å²) in [6, 6.07) is 0. The van der Waals surface area contributed by atoms with Crippen LogP contribution < -0.4 is 0 Å². The molecule has 0 aliphatic carbocycles. The summed E-state index contributed by atoms with van der Waals surface area (Å²) >= 11 is 0. The topological polar surface area (TPSA) is 81.2 Å². The van der Waals surface area contributed by atoms with Crippen molar-refractivity contribution >= 4 is 5.82 Å². The van der Waals surface area contributed by atoms with Gasteiger partial charge in [0.05, 0.1) is 30.0 Å². The van der Waals surface area contributed by atoms with Gasteiger partial charge in [-0.15, -0.1) is 0 Å². The molecule has 1 aromatic heterocycles. The quantitative estimate of drug-likeness (QED) is 0.506. The molecule has 1 aromatic rings. The van der Waals surface area contributed by atoms with Gasteiger partial charge in [0.2, 0.25) is 0 Å². The number of rotatable bonds is 2. The number of nitro groups is 1. The summed E-state index contributed by atoms with van der Waals surface area (Å²) in [5, 5.41) is 22.8. The van der Waals surface area contributed by atoms with E-state index in [1.165, 1.54) is 4.68 Å². The first-order valence-corrected chi connectivity index (χ1v) is 3.35. The van der Waals surface area contributed by atoms with Crippen LogP contribution in [0.25, 0.3) is 0 Å². The summed E-state index contributed by atoms with van der Waals surface area (Å²) < 4.78 is 1.31. The Labute approximate surface area is 68.6 Å². The number of aliphatic hydroxyl groups is 1. The maximum Gasteiger partial charge on any atom is 0.393 e. The molecule has 6 nitrogen and oxygen atoms in total. The summed E-state index contributed by atoms with van der Waals surface area (Å²) in [6.07, 6.45) is 0. The second-order valence-corrected chi connectivity index (χ2v) is 2.43. The third-order valence-corrected chi connectivity index (χ3v) is 1.73. The van der Waals surface area contributed by atoms with Crippen molar-refractivity contribution in [1.82, 2.24) is 9.78 Å². The first-order valence-electron chi connectivity index (χ1n) is 3.35. The van der Waals surface area contributed by atoms with Crippen molar-refractivity contribution in [2.45, 2.75) is 13.5 Å². The van der Waals surface area contributed by atoms with Gasteiger partial charge < -0.3 is 15.2 Å². The molecule has 0 saturated heterocycles. The van der Waals surface area contributed by atoms with Crippen molar-refractivity contribution < 1.29 is 10.0 Å². The number of aryl methyl sites for hydroxylation is 1. The van der Waals surface area contributed by atoms with E-state index in [-0.39, 0.29) is 12.4 Å². The van der Waals surface area contributed by atoms with Crippen molar-refractivity contribution in [3.05, 3.63) is 21.4 Å². The van der Waals surface area contributed by atoms with Gasteiger partial charge in [-0.2, -0.15) is 4.68 Å². The predicted molar refractivity (Wildman–Crippen MR) is 40.5 cm³/mol. The van der Waals surface area contributed by atoms with Gasteiger partial charge in [-0.05, 0) is 11.8 Å². The van der Waals surface area contributed by atoms with E-state index >= 15 is 0 Å². The molecule has 0 radical (unpaired) electrons. The van der Waals surface area contributed by atoms with Crippen LogP contribution in [-0.4, -0.2) is 19.8 Å². The van der Waals surface area contributed by atoms with Crippen LogP contribution in [0.2, 0.25) is 0 Å². The summed E-state index contributed by atoms with van der Waals surface area (Å²) in [5.41, 5.74) is 0.895. The molecule has 1 heterocycles. The molecular formula is C6H9N3O3. The third kappa shape index (κ3) is 1.16. The van der Waals surface area contributed by atoms with Gasteiger partial charge in [-0.1, -0.05) is 0 Å². The van der Waals surface area contributed by atoms with Crippen LogP contribution in [0, 0.1) is 17.0 Å². The molecule has 0 atom stereocenters. The first-order chi connectivity index (χ1) is 5.57. The Balaban J connectivity index is 3.26. The number of aromatic nitrogens is 2. The minimum atomic E-state index is -0.561. The zero-order valence-corrected chi connectivity index (χ0v) is 6.81. The van der Waals surface area contributed by atoms with Crippen LogP contribution in [0.15, 0.2) is 0 Å². The van der Waals surface area contributed by atoms with Gasteiger partial charge in [0.1, 0.15) is 0 Å². The Kier molecular flexibility index (Phi) is 2.09. The molecular weight excluding hydrogens is 162 g/mol. The number of nitrogens with zero attached hydrogens (tertiary/aromatic N) is 3. The van der Waals surface area contributed by atoms with E-state index in [1.54, 1.807) is 14.0 Å². The monoisotopic (exact) mass is 171 g/mol. The van der Waals surface area contributed by atoms with Crippen molar-refractivity contribution in [3.8, 4) is 0 Å². The number of hydrogen-bond acceptors (Lipinski definition) is 4. The smallest absolute Gasteiger partial charge is 0.390 e. The SMILES string of the molecule is Cc1c([N+](=O)[O-])nn(C)c1CO. The van der Waals surface area contributed by atoms with Gasteiger partial charge in [-0.25, -0.2) is 0 Å². The van der Waals surface area contributed by atoms with Crippen LogP contribution in [0.5, 0.6) is 0 Å². The standard InChI is InChI=1S/C6H9N3O3/c1-4-5(3-10)8(2)7-6(4)9(11)12/h10H,3H2,1-2H3. The predicted octanol–water partition coefficient (Wildman–Crippen LogP) is 0.129. The zero-order chi connectivity index (χ0) is 9.30. The lowest BCUT2D eigenvalue weighted by Crippen LogP contribution is -1.98. The van der Waals surface area contributed by atoms with E-state index in [9.17, 15) is 10.1 Å². The Morgan fingerprint density at radius 1 is 1.75 bits per heavy atom. The summed E-state index contributed by atoms with van der Waals surface area (Å²) in [5.74, 6) is -0.193. The van der Waals surface area contributed by atoms with Gasteiger partial charge in [0, 0.05) is 0 Å². The largest absolute Gasteiger partial charge is 0.393 e. The van der Waals surface area contributed by atoms with Gasteiger partial charge in [0.15, 0.2) is 0 Å². The lowest BCUT2D eigenvalue weighted by molar-refractivity contribution is -0.390. The molecule has 0 aliphatic rings. The molecule has 0 unspecified atom stereocenters. The molecule has 1 rings (SSSR count). The molecule has 12 heavy (non-hydrogen) atoms. The average Bonchev–Trinajstić information content (AvgIpc) is 2.27. The second kappa shape index (κ2) is 2.90. The minimum Gasteiger partial charge on any atom is -0.390 e. The van der Waals surface area contributed by atoms with Gasteiger partial charge >= 0.3 is 5.82 Å². The maximum absolute atomic E-state index is 10.4. The highest BCUT2D eigenvalue weighted by molar-refractivity contribution is 5.34. The third-order valence-electron chi connectivity index (χ3n) is 1.73. The molecule has 66 valence electrons. The van der Waals surface area contributed by atoms with E-state index in [1.807, 2.05) is 0 Å². The number of hydrogen-bond donors (Lipinski definition) is 1. The highest BCUT2D eigenvalue weighted by atomic mass is 16.6. The van der Waals surface area contributed by atoms with Crippen molar-refractivity contribution in [3.63, 3.8) is 0 Å². The van der Waals surface area contributed by atoms with Crippen molar-refractivity contribution in [2.24, 2.45) is 7.05 Å². The van der Waals surface area contributed by atoms with E-state index in [4.69, 9.17) is 5.11 Å². The van der Waals surface area contributed by atoms with Crippen LogP contribution in [0.3, 0.4) is 0 Å². The molecule has 0 aliphatic heterocycles. The normalized spacial score (nSPS) is 10.2. The Morgan fingerprint density at radius 3 is 2.58 bits per heavy atom. The fraction of sp³-hybridized carbons (Fsp3) is 0.500. The first kappa shape index (κ1) is 8.66. The maximum atomic E-state index is 10.4. The second-order valence-electron chi connectivity index (χ2n) is 2.43. The molecule has 6 heteroatoms. The molecule has 1 N–H and O–H groups in total. The van der Waals surface area contributed by atoms with Gasteiger partial charge in [0.25, 0.3) is 0 Å². The fourth-order valence-corrected chi connectivity index (χ4v) is 1.04. The molecule has 0 spiro atoms. The summed E-state index contributed by atoms with van der Waals surface area (Å²) in [6.45, 7) is 1.33. The lowest BCUT2D eigenvalue weighted by Gasteiger charge is -1.92. The van der Waals surface area contributed by atoms with E-state index < -0.39 is 4.92 Å². The van der Waals surface area contributed by atoms with Crippen LogP contribution >= 0.6 is 0 Å². The molecule has 0 bridgehead atoms. The zero-order valence-electron chi connectivity index (χ0n) is 6.81. The summed E-state index contributed by atoms with van der Waals surface area (Å²) in [7, 11) is 1.56. The fourth-order valence-electron chi connectivity index (χ4n) is 1.04. The Bertz CT molecular complexity index is 318. The highest BCUT2D eigenvalue weighted by Crippen LogP contribution is 2.18. The number of aliphatic hydroxyl groups excluding tert-OH is 1. The van der Waals surface area contributed by atoms with Crippen molar-refractivity contribution in [1.29, 1.82) is 0 Å². The molecule has 0 fully saturated rings. The lowest BCUT2D eigenvalue weighted by atomic mass is 10.2. The highest BCUT2D eigenvalue weighted by Gasteiger charge is 2.21. The van der Waals surface area contributed by atoms with Gasteiger partial charge in [-0.3, -0.25) is 0 Å². The molecule has 0 aromatic carbocycles. The molecule has 0 amide bonds. The summed E-state index contributed by atoms with van der Waals surface area (Å²) in [4.78, 5) is 9.79. The van der Waals surface area contributed by atoms with Crippen LogP contribution in [0.1, 0.15) is 11.3 Å². The Morgan fingerprint density at radius 2 is 2.33 bits per heavy atom. The van der Waals surface area contributed by atoms with E-state index in [2.05, 4.69) is 5.10 Å². The van der Waals surface area contributed by atoms with Crippen LogP contribution in [0.4, 0.5) is 5.82 Å². The van der Waals surface area contributed by atoms with Crippen LogP contribution in [-0.2, 0) is 13.7 Å². The van der Waals surface area contributed by atoms with E-state index in [0.717, 1.165) is 0 Å². The Hall–Kier alpha value is -1.43. The van der Waals surface area contributed by atoms with E-state index in [0.29, 0.717) is 11.3 Å². The van der Waals surface area contributed by atoms with Crippen molar-refractivity contribution in [2.75, 3.05) is 0 Å². The molecule has 0 saturated carbocycles.